The van der Waals surface area contributed by atoms with E-state index in [-0.39, 0.29) is 11.9 Å². The average molecular weight is 398 g/mol. The molecule has 1 aliphatic heterocycles. The highest BCUT2D eigenvalue weighted by Crippen LogP contribution is 2.40. The molecule has 0 atom stereocenters. The predicted molar refractivity (Wildman–Crippen MR) is 109 cm³/mol. The van der Waals surface area contributed by atoms with E-state index in [4.69, 9.17) is 19.4 Å². The molecule has 0 amide bonds. The fraction of sp³-hybridized carbons (Fsp3) is 0.550. The molecule has 1 N–H and O–H groups in total. The van der Waals surface area contributed by atoms with E-state index in [2.05, 4.69) is 15.3 Å². The van der Waals surface area contributed by atoms with Crippen LogP contribution in [0.25, 0.3) is 11.2 Å². The third-order valence-electron chi connectivity index (χ3n) is 5.81. The van der Waals surface area contributed by atoms with Crippen LogP contribution in [0, 0.1) is 0 Å². The fourth-order valence-corrected chi connectivity index (χ4v) is 4.04. The molecular formula is C20H26N6O3. The number of amidine groups is 1. The summed E-state index contributed by atoms with van der Waals surface area (Å²) in [4.78, 5) is 30.7. The summed E-state index contributed by atoms with van der Waals surface area (Å²) >= 11 is 0. The average Bonchev–Trinajstić information content (AvgIpc) is 3.33. The first-order valence-electron chi connectivity index (χ1n) is 9.77. The minimum absolute atomic E-state index is 0.130. The standard InChI is InChI=1S/C20H26N6O3/c1-12-9-14(21-10-12)23-17-15-18(26(2)11-22-15)25-16(24-17)13-5-7-20(29-4,8-6-13)19(27)28-3/h9,11,13H,5-8,10H2,1-4H3,(H,21,23,24,25). The van der Waals surface area contributed by atoms with Gasteiger partial charge in [0, 0.05) is 20.1 Å². The molecule has 154 valence electrons. The molecule has 9 nitrogen and oxygen atoms in total. The summed E-state index contributed by atoms with van der Waals surface area (Å²) in [5, 5.41) is 3.31. The van der Waals surface area contributed by atoms with Crippen molar-refractivity contribution < 1.29 is 14.3 Å². The monoisotopic (exact) mass is 398 g/mol. The van der Waals surface area contributed by atoms with Gasteiger partial charge in [-0.2, -0.15) is 0 Å². The number of rotatable bonds is 4. The molecule has 0 bridgehead atoms. The molecule has 0 saturated heterocycles. The second kappa shape index (κ2) is 7.55. The van der Waals surface area contributed by atoms with Crippen LogP contribution >= 0.6 is 0 Å². The number of aryl methyl sites for hydroxylation is 1. The lowest BCUT2D eigenvalue weighted by atomic mass is 9.78. The van der Waals surface area contributed by atoms with Gasteiger partial charge in [0.15, 0.2) is 22.6 Å². The van der Waals surface area contributed by atoms with Crippen molar-refractivity contribution in [1.29, 1.82) is 0 Å². The van der Waals surface area contributed by atoms with Crippen LogP contribution in [-0.4, -0.2) is 57.7 Å². The van der Waals surface area contributed by atoms with Gasteiger partial charge >= 0.3 is 5.97 Å². The van der Waals surface area contributed by atoms with Gasteiger partial charge in [0.1, 0.15) is 11.7 Å². The lowest BCUT2D eigenvalue weighted by Gasteiger charge is -2.36. The third kappa shape index (κ3) is 3.50. The third-order valence-corrected chi connectivity index (χ3v) is 5.81. The highest BCUT2D eigenvalue weighted by molar-refractivity contribution is 6.07. The van der Waals surface area contributed by atoms with Crippen molar-refractivity contribution in [2.75, 3.05) is 26.1 Å². The number of aromatic nitrogens is 4. The van der Waals surface area contributed by atoms with Crippen molar-refractivity contribution in [2.24, 2.45) is 12.0 Å². The van der Waals surface area contributed by atoms with E-state index in [9.17, 15) is 4.79 Å². The molecule has 0 spiro atoms. The molecule has 2 aromatic heterocycles. The van der Waals surface area contributed by atoms with Gasteiger partial charge in [-0.15, -0.1) is 0 Å². The van der Waals surface area contributed by atoms with E-state index in [0.717, 1.165) is 30.1 Å². The first kappa shape index (κ1) is 19.5. The Morgan fingerprint density at radius 1 is 1.28 bits per heavy atom. The summed E-state index contributed by atoms with van der Waals surface area (Å²) in [5.41, 5.74) is 1.82. The zero-order chi connectivity index (χ0) is 20.6. The number of imidazole rings is 1. The summed E-state index contributed by atoms with van der Waals surface area (Å²) in [5.74, 6) is 2.01. The molecule has 1 saturated carbocycles. The molecule has 1 aliphatic carbocycles. The topological polar surface area (TPSA) is 104 Å². The number of ether oxygens (including phenoxy) is 2. The molecule has 29 heavy (non-hydrogen) atoms. The largest absolute Gasteiger partial charge is 0.467 e. The number of nitrogens with zero attached hydrogens (tertiary/aromatic N) is 5. The Morgan fingerprint density at radius 2 is 2.03 bits per heavy atom. The Kier molecular flexibility index (Phi) is 5.08. The number of hydrogen-bond donors (Lipinski definition) is 1. The maximum atomic E-state index is 12.2. The number of anilines is 1. The lowest BCUT2D eigenvalue weighted by molar-refractivity contribution is -0.170. The van der Waals surface area contributed by atoms with Crippen LogP contribution in [0.3, 0.4) is 0 Å². The van der Waals surface area contributed by atoms with Gasteiger partial charge in [-0.3, -0.25) is 4.99 Å². The summed E-state index contributed by atoms with van der Waals surface area (Å²) in [6.07, 6.45) is 6.38. The Hall–Kier alpha value is -2.81. The molecule has 0 aromatic carbocycles. The molecule has 9 heteroatoms. The Bertz CT molecular complexity index is 1000. The number of carbonyl (C=O) groups excluding carboxylic acids is 1. The summed E-state index contributed by atoms with van der Waals surface area (Å²) in [6.45, 7) is 2.74. The molecule has 2 aromatic rings. The van der Waals surface area contributed by atoms with Gasteiger partial charge in [-0.05, 0) is 44.3 Å². The van der Waals surface area contributed by atoms with Gasteiger partial charge in [-0.1, -0.05) is 0 Å². The summed E-state index contributed by atoms with van der Waals surface area (Å²) in [6, 6.07) is 0. The van der Waals surface area contributed by atoms with Crippen molar-refractivity contribution in [1.82, 2.24) is 19.5 Å². The Morgan fingerprint density at radius 3 is 2.66 bits per heavy atom. The van der Waals surface area contributed by atoms with Crippen molar-refractivity contribution in [3.05, 3.63) is 23.8 Å². The van der Waals surface area contributed by atoms with E-state index >= 15 is 0 Å². The van der Waals surface area contributed by atoms with Crippen molar-refractivity contribution in [3.63, 3.8) is 0 Å². The maximum absolute atomic E-state index is 12.2. The Labute approximate surface area is 169 Å². The number of esters is 1. The molecule has 3 heterocycles. The van der Waals surface area contributed by atoms with Crippen LogP contribution in [0.4, 0.5) is 5.82 Å². The van der Waals surface area contributed by atoms with Gasteiger partial charge in [0.25, 0.3) is 0 Å². The van der Waals surface area contributed by atoms with Crippen molar-refractivity contribution >= 4 is 28.8 Å². The zero-order valence-electron chi connectivity index (χ0n) is 17.2. The highest BCUT2D eigenvalue weighted by atomic mass is 16.6. The first-order valence-corrected chi connectivity index (χ1v) is 9.77. The van der Waals surface area contributed by atoms with Crippen molar-refractivity contribution in [2.45, 2.75) is 44.1 Å². The van der Waals surface area contributed by atoms with Gasteiger partial charge in [0.05, 0.1) is 20.0 Å². The van der Waals surface area contributed by atoms with Gasteiger partial charge in [-0.25, -0.2) is 19.7 Å². The van der Waals surface area contributed by atoms with E-state index in [1.807, 2.05) is 24.6 Å². The molecule has 2 aliphatic rings. The minimum Gasteiger partial charge on any atom is -0.467 e. The number of methoxy groups -OCH3 is 2. The van der Waals surface area contributed by atoms with Crippen molar-refractivity contribution in [3.8, 4) is 0 Å². The highest BCUT2D eigenvalue weighted by Gasteiger charge is 2.44. The quantitative estimate of drug-likeness (QED) is 0.789. The van der Waals surface area contributed by atoms with Gasteiger partial charge < -0.3 is 19.4 Å². The number of aliphatic imine (C=N–C) groups is 1. The van der Waals surface area contributed by atoms with Crippen LogP contribution in [0.15, 0.2) is 23.0 Å². The van der Waals surface area contributed by atoms with E-state index in [0.29, 0.717) is 30.7 Å². The van der Waals surface area contributed by atoms with Crippen LogP contribution < -0.4 is 5.32 Å². The smallest absolute Gasteiger partial charge is 0.338 e. The normalized spacial score (nSPS) is 24.3. The molecule has 0 unspecified atom stereocenters. The van der Waals surface area contributed by atoms with Crippen LogP contribution in [0.2, 0.25) is 0 Å². The van der Waals surface area contributed by atoms with Crippen LogP contribution in [-0.2, 0) is 21.3 Å². The molecule has 0 radical (unpaired) electrons. The maximum Gasteiger partial charge on any atom is 0.338 e. The van der Waals surface area contributed by atoms with Gasteiger partial charge in [0.2, 0.25) is 0 Å². The Balaban J connectivity index is 1.63. The van der Waals surface area contributed by atoms with E-state index in [1.54, 1.807) is 13.4 Å². The second-order valence-corrected chi connectivity index (χ2v) is 7.74. The number of fused-ring (bicyclic) bond motifs is 1. The summed E-state index contributed by atoms with van der Waals surface area (Å²) in [7, 11) is 4.88. The number of nitrogens with one attached hydrogen (secondary N) is 1. The lowest BCUT2D eigenvalue weighted by Crippen LogP contribution is -2.44. The molecular weight excluding hydrogens is 372 g/mol. The molecule has 1 fully saturated rings. The predicted octanol–water partition coefficient (Wildman–Crippen LogP) is 2.35. The minimum atomic E-state index is -0.871. The van der Waals surface area contributed by atoms with E-state index in [1.165, 1.54) is 12.7 Å². The molecule has 4 rings (SSSR count). The van der Waals surface area contributed by atoms with E-state index < -0.39 is 5.60 Å². The SMILES string of the molecule is COC(=O)C1(OC)CCC(c2nc(NC3=NCC(C)=C3)c3ncn(C)c3n2)CC1. The van der Waals surface area contributed by atoms with Crippen LogP contribution in [0.1, 0.15) is 44.3 Å². The van der Waals surface area contributed by atoms with Crippen LogP contribution in [0.5, 0.6) is 0 Å². The zero-order valence-corrected chi connectivity index (χ0v) is 17.2. The fourth-order valence-electron chi connectivity index (χ4n) is 4.04. The second-order valence-electron chi connectivity index (χ2n) is 7.74. The number of hydrogen-bond acceptors (Lipinski definition) is 8. The summed E-state index contributed by atoms with van der Waals surface area (Å²) < 4.78 is 12.4. The number of carbonyl (C=O) groups is 1. The first-order chi connectivity index (χ1) is 14.0.